The third-order valence-corrected chi connectivity index (χ3v) is 3.97. The Labute approximate surface area is 133 Å². The van der Waals surface area contributed by atoms with Crippen molar-refractivity contribution in [1.82, 2.24) is 25.5 Å². The van der Waals surface area contributed by atoms with Gasteiger partial charge in [0.15, 0.2) is 0 Å². The van der Waals surface area contributed by atoms with E-state index in [-0.39, 0.29) is 11.7 Å². The second-order valence-electron chi connectivity index (χ2n) is 4.75. The molecule has 118 valence electrons. The summed E-state index contributed by atoms with van der Waals surface area (Å²) in [4.78, 5) is 11.7. The summed E-state index contributed by atoms with van der Waals surface area (Å²) < 4.78 is 6.57. The molecule has 0 aliphatic rings. The van der Waals surface area contributed by atoms with Gasteiger partial charge in [-0.2, -0.15) is 4.68 Å². The van der Waals surface area contributed by atoms with Crippen molar-refractivity contribution in [3.05, 3.63) is 29.3 Å². The van der Waals surface area contributed by atoms with E-state index in [1.54, 1.807) is 11.8 Å². The first-order valence-corrected chi connectivity index (χ1v) is 7.85. The van der Waals surface area contributed by atoms with E-state index in [2.05, 4.69) is 20.8 Å². The molecule has 0 aliphatic carbocycles. The summed E-state index contributed by atoms with van der Waals surface area (Å²) in [5, 5.41) is 15.1. The molecule has 0 saturated carbocycles. The van der Waals surface area contributed by atoms with Crippen LogP contribution in [0.2, 0.25) is 0 Å². The molecule has 8 heteroatoms. The molecule has 0 unspecified atom stereocenters. The molecule has 0 saturated heterocycles. The molecule has 0 aliphatic heterocycles. The minimum absolute atomic E-state index is 0.0712. The Morgan fingerprint density at radius 2 is 2.09 bits per heavy atom. The number of hydrogen-bond donors (Lipinski definition) is 1. The number of carbonyl (C=O) groups excluding carboxylic acids is 1. The van der Waals surface area contributed by atoms with Crippen LogP contribution in [0.3, 0.4) is 0 Å². The molecule has 0 fully saturated rings. The van der Waals surface area contributed by atoms with Crippen LogP contribution in [0, 0.1) is 13.8 Å². The summed E-state index contributed by atoms with van der Waals surface area (Å²) >= 11 is 1.31. The highest BCUT2D eigenvalue weighted by Crippen LogP contribution is 2.23. The van der Waals surface area contributed by atoms with E-state index in [4.69, 9.17) is 4.74 Å². The number of amides is 1. The lowest BCUT2D eigenvalue weighted by atomic mass is 10.1. The predicted octanol–water partition coefficient (Wildman–Crippen LogP) is 1.13. The molecule has 1 amide bonds. The molecular formula is C14H19N5O2S. The van der Waals surface area contributed by atoms with E-state index in [0.717, 1.165) is 16.8 Å². The van der Waals surface area contributed by atoms with E-state index >= 15 is 0 Å². The van der Waals surface area contributed by atoms with E-state index in [9.17, 15) is 4.79 Å². The van der Waals surface area contributed by atoms with Crippen LogP contribution in [0.25, 0.3) is 5.69 Å². The number of aryl methyl sites for hydroxylation is 2. The fourth-order valence-corrected chi connectivity index (χ4v) is 2.73. The molecular weight excluding hydrogens is 302 g/mol. The molecule has 2 rings (SSSR count). The van der Waals surface area contributed by atoms with E-state index in [0.29, 0.717) is 18.3 Å². The van der Waals surface area contributed by atoms with Crippen LogP contribution in [0.1, 0.15) is 11.1 Å². The zero-order valence-electron chi connectivity index (χ0n) is 12.9. The summed E-state index contributed by atoms with van der Waals surface area (Å²) in [6.07, 6.45) is 0. The smallest absolute Gasteiger partial charge is 0.230 e. The highest BCUT2D eigenvalue weighted by Gasteiger charge is 2.14. The summed E-state index contributed by atoms with van der Waals surface area (Å²) in [5.74, 6) is 0.188. The molecule has 0 spiro atoms. The third-order valence-electron chi connectivity index (χ3n) is 3.05. The lowest BCUT2D eigenvalue weighted by Crippen LogP contribution is -2.28. The second-order valence-corrected chi connectivity index (χ2v) is 5.69. The molecule has 1 aromatic heterocycles. The van der Waals surface area contributed by atoms with Crippen LogP contribution in [-0.4, -0.2) is 52.1 Å². The molecule has 22 heavy (non-hydrogen) atoms. The largest absolute Gasteiger partial charge is 0.383 e. The van der Waals surface area contributed by atoms with Crippen LogP contribution in [0.15, 0.2) is 23.4 Å². The molecule has 1 N–H and O–H groups in total. The molecule has 2 aromatic rings. The van der Waals surface area contributed by atoms with Crippen molar-refractivity contribution >= 4 is 17.7 Å². The SMILES string of the molecule is COCCNC(=O)CSc1nnnn1-c1c(C)cccc1C. The van der Waals surface area contributed by atoms with Crippen molar-refractivity contribution in [2.24, 2.45) is 0 Å². The van der Waals surface area contributed by atoms with Crippen molar-refractivity contribution < 1.29 is 9.53 Å². The van der Waals surface area contributed by atoms with Crippen molar-refractivity contribution in [3.63, 3.8) is 0 Å². The van der Waals surface area contributed by atoms with Gasteiger partial charge in [-0.15, -0.1) is 5.10 Å². The highest BCUT2D eigenvalue weighted by atomic mass is 32.2. The average molecular weight is 321 g/mol. The van der Waals surface area contributed by atoms with Crippen molar-refractivity contribution in [3.8, 4) is 5.69 Å². The molecule has 7 nitrogen and oxygen atoms in total. The Morgan fingerprint density at radius 3 is 2.77 bits per heavy atom. The first-order valence-electron chi connectivity index (χ1n) is 6.87. The molecule has 1 aromatic carbocycles. The van der Waals surface area contributed by atoms with Gasteiger partial charge in [0, 0.05) is 13.7 Å². The van der Waals surface area contributed by atoms with Crippen LogP contribution in [0.5, 0.6) is 0 Å². The average Bonchev–Trinajstić information content (AvgIpc) is 2.93. The van der Waals surface area contributed by atoms with Gasteiger partial charge in [0.05, 0.1) is 18.0 Å². The van der Waals surface area contributed by atoms with Gasteiger partial charge in [0.25, 0.3) is 0 Å². The van der Waals surface area contributed by atoms with Crippen molar-refractivity contribution in [2.45, 2.75) is 19.0 Å². The van der Waals surface area contributed by atoms with Gasteiger partial charge in [-0.3, -0.25) is 4.79 Å². The molecule has 0 radical (unpaired) electrons. The van der Waals surface area contributed by atoms with E-state index in [1.807, 2.05) is 32.0 Å². The lowest BCUT2D eigenvalue weighted by Gasteiger charge is -2.10. The first kappa shape index (κ1) is 16.4. The Hall–Kier alpha value is -1.93. The van der Waals surface area contributed by atoms with Gasteiger partial charge >= 0.3 is 0 Å². The summed E-state index contributed by atoms with van der Waals surface area (Å²) in [5.41, 5.74) is 3.12. The number of aromatic nitrogens is 4. The minimum Gasteiger partial charge on any atom is -0.383 e. The van der Waals surface area contributed by atoms with Gasteiger partial charge in [-0.1, -0.05) is 30.0 Å². The maximum absolute atomic E-state index is 11.7. The molecule has 1 heterocycles. The van der Waals surface area contributed by atoms with Gasteiger partial charge in [-0.05, 0) is 35.4 Å². The Kier molecular flexibility index (Phi) is 5.91. The van der Waals surface area contributed by atoms with Crippen molar-refractivity contribution in [1.29, 1.82) is 0 Å². The zero-order chi connectivity index (χ0) is 15.9. The molecule has 0 bridgehead atoms. The Balaban J connectivity index is 2.06. The topological polar surface area (TPSA) is 81.9 Å². The van der Waals surface area contributed by atoms with Crippen LogP contribution < -0.4 is 5.32 Å². The quantitative estimate of drug-likeness (QED) is 0.608. The number of thioether (sulfide) groups is 1. The number of hydrogen-bond acceptors (Lipinski definition) is 6. The van der Waals surface area contributed by atoms with Gasteiger partial charge in [0.1, 0.15) is 0 Å². The summed E-state index contributed by atoms with van der Waals surface area (Å²) in [6.45, 7) is 5.01. The van der Waals surface area contributed by atoms with Gasteiger partial charge < -0.3 is 10.1 Å². The van der Waals surface area contributed by atoms with Crippen LogP contribution in [-0.2, 0) is 9.53 Å². The molecule has 0 atom stereocenters. The first-order chi connectivity index (χ1) is 10.6. The maximum Gasteiger partial charge on any atom is 0.230 e. The third kappa shape index (κ3) is 4.05. The maximum atomic E-state index is 11.7. The monoisotopic (exact) mass is 321 g/mol. The van der Waals surface area contributed by atoms with Crippen LogP contribution in [0.4, 0.5) is 0 Å². The highest BCUT2D eigenvalue weighted by molar-refractivity contribution is 7.99. The minimum atomic E-state index is -0.0712. The van der Waals surface area contributed by atoms with Crippen molar-refractivity contribution in [2.75, 3.05) is 26.0 Å². The number of para-hydroxylation sites is 1. The Morgan fingerprint density at radius 1 is 1.36 bits per heavy atom. The fourth-order valence-electron chi connectivity index (χ4n) is 2.02. The normalized spacial score (nSPS) is 10.7. The summed E-state index contributed by atoms with van der Waals surface area (Å²) in [6, 6.07) is 6.01. The summed E-state index contributed by atoms with van der Waals surface area (Å²) in [7, 11) is 1.60. The number of carbonyl (C=O) groups is 1. The predicted molar refractivity (Wildman–Crippen MR) is 84.2 cm³/mol. The van der Waals surface area contributed by atoms with E-state index < -0.39 is 0 Å². The zero-order valence-corrected chi connectivity index (χ0v) is 13.7. The van der Waals surface area contributed by atoms with Crippen LogP contribution >= 0.6 is 11.8 Å². The number of benzene rings is 1. The number of nitrogens with zero attached hydrogens (tertiary/aromatic N) is 4. The van der Waals surface area contributed by atoms with Gasteiger partial charge in [-0.25, -0.2) is 0 Å². The van der Waals surface area contributed by atoms with Gasteiger partial charge in [0.2, 0.25) is 11.1 Å². The Bertz CT molecular complexity index is 624. The second kappa shape index (κ2) is 7.90. The van der Waals surface area contributed by atoms with E-state index in [1.165, 1.54) is 11.8 Å². The number of ether oxygens (including phenoxy) is 1. The number of rotatable bonds is 7. The standard InChI is InChI=1S/C14H19N5O2S/c1-10-5-4-6-11(2)13(10)19-14(16-17-18-19)22-9-12(20)15-7-8-21-3/h4-6H,7-9H2,1-3H3,(H,15,20). The number of nitrogens with one attached hydrogen (secondary N) is 1. The number of methoxy groups -OCH3 is 1. The lowest BCUT2D eigenvalue weighted by molar-refractivity contribution is -0.118. The number of tetrazole rings is 1. The fraction of sp³-hybridized carbons (Fsp3) is 0.429.